The number of fused-ring (bicyclic) bond motifs is 1. The highest BCUT2D eigenvalue weighted by molar-refractivity contribution is 5.83. The van der Waals surface area contributed by atoms with Gasteiger partial charge in [-0.1, -0.05) is 35.2 Å². The van der Waals surface area contributed by atoms with Crippen molar-refractivity contribution in [2.75, 3.05) is 26.3 Å². The average molecular weight is 379 g/mol. The van der Waals surface area contributed by atoms with Crippen LogP contribution in [0.2, 0.25) is 0 Å². The summed E-state index contributed by atoms with van der Waals surface area (Å²) in [6, 6.07) is 13.9. The van der Waals surface area contributed by atoms with Gasteiger partial charge in [-0.05, 0) is 35.2 Å². The van der Waals surface area contributed by atoms with Gasteiger partial charge in [0, 0.05) is 18.7 Å². The Kier molecular flexibility index (Phi) is 4.40. The van der Waals surface area contributed by atoms with Crippen LogP contribution in [0, 0.1) is 5.92 Å². The fourth-order valence-electron chi connectivity index (χ4n) is 3.78. The van der Waals surface area contributed by atoms with Crippen LogP contribution in [-0.2, 0) is 9.53 Å². The highest BCUT2D eigenvalue weighted by Gasteiger charge is 2.46. The average Bonchev–Trinajstić information content (AvgIpc) is 3.46. The van der Waals surface area contributed by atoms with Crippen LogP contribution in [-0.4, -0.2) is 63.4 Å². The molecule has 0 N–H and O–H groups in total. The molecule has 1 aromatic carbocycles. The number of carbonyl (C=O) groups excluding carboxylic acids is 1. The van der Waals surface area contributed by atoms with E-state index in [0.717, 1.165) is 6.42 Å². The van der Waals surface area contributed by atoms with Gasteiger partial charge < -0.3 is 14.5 Å². The molecule has 0 bridgehead atoms. The van der Waals surface area contributed by atoms with Crippen LogP contribution in [0.25, 0.3) is 11.2 Å². The van der Waals surface area contributed by atoms with Crippen molar-refractivity contribution in [3.63, 3.8) is 0 Å². The summed E-state index contributed by atoms with van der Waals surface area (Å²) in [7, 11) is 0. The van der Waals surface area contributed by atoms with Crippen LogP contribution in [0.15, 0.2) is 48.7 Å². The second-order valence-corrected chi connectivity index (χ2v) is 7.24. The second-order valence-electron chi connectivity index (χ2n) is 7.24. The van der Waals surface area contributed by atoms with Gasteiger partial charge in [0.15, 0.2) is 0 Å². The van der Waals surface area contributed by atoms with Crippen LogP contribution in [0.3, 0.4) is 0 Å². The Morgan fingerprint density at radius 1 is 1.21 bits per heavy atom. The van der Waals surface area contributed by atoms with E-state index in [-0.39, 0.29) is 24.5 Å². The molecule has 5 rings (SSSR count). The maximum atomic E-state index is 12.9. The lowest BCUT2D eigenvalue weighted by molar-refractivity contribution is -0.143. The van der Waals surface area contributed by atoms with Crippen molar-refractivity contribution in [3.8, 4) is 0 Å². The summed E-state index contributed by atoms with van der Waals surface area (Å²) in [5.74, 6) is 0.652. The third kappa shape index (κ3) is 3.31. The first kappa shape index (κ1) is 17.1. The smallest absolute Gasteiger partial charge is 0.226 e. The first-order chi connectivity index (χ1) is 13.8. The first-order valence-electron chi connectivity index (χ1n) is 9.54. The Labute approximate surface area is 162 Å². The molecule has 1 saturated heterocycles. The SMILES string of the molecule is O=C([C@H]1C[C@@H]1c1ccccc1)N1CCOC(COn2nnc3cccnc32)C1. The summed E-state index contributed by atoms with van der Waals surface area (Å²) in [4.78, 5) is 26.0. The van der Waals surface area contributed by atoms with Gasteiger partial charge in [-0.25, -0.2) is 4.98 Å². The predicted molar refractivity (Wildman–Crippen MR) is 100 cm³/mol. The molecule has 1 aliphatic heterocycles. The van der Waals surface area contributed by atoms with E-state index >= 15 is 0 Å². The summed E-state index contributed by atoms with van der Waals surface area (Å²) < 4.78 is 5.78. The third-order valence-electron chi connectivity index (χ3n) is 5.35. The molecule has 1 aliphatic carbocycles. The third-order valence-corrected chi connectivity index (χ3v) is 5.35. The molecule has 1 unspecified atom stereocenters. The molecule has 2 fully saturated rings. The van der Waals surface area contributed by atoms with Gasteiger partial charge in [-0.15, -0.1) is 5.10 Å². The Morgan fingerprint density at radius 2 is 2.11 bits per heavy atom. The number of pyridine rings is 1. The zero-order valence-electron chi connectivity index (χ0n) is 15.3. The van der Waals surface area contributed by atoms with Crippen LogP contribution < -0.4 is 4.84 Å². The van der Waals surface area contributed by atoms with Crippen molar-refractivity contribution in [3.05, 3.63) is 54.2 Å². The molecule has 0 spiro atoms. The predicted octanol–water partition coefficient (Wildman–Crippen LogP) is 1.29. The second kappa shape index (κ2) is 7.20. The first-order valence-corrected chi connectivity index (χ1v) is 9.54. The fourth-order valence-corrected chi connectivity index (χ4v) is 3.78. The standard InChI is InChI=1S/C20H21N5O3/c26-20(17-11-16(17)14-5-2-1-3-6-14)24-9-10-27-15(12-24)13-28-25-19-18(22-23-25)7-4-8-21-19/h1-8,15-17H,9-13H2/t15?,16-,17+/m1/s1. The van der Waals surface area contributed by atoms with Gasteiger partial charge in [0.05, 0.1) is 13.2 Å². The summed E-state index contributed by atoms with van der Waals surface area (Å²) in [5.41, 5.74) is 2.49. The number of aromatic nitrogens is 4. The van der Waals surface area contributed by atoms with Crippen LogP contribution in [0.5, 0.6) is 0 Å². The number of hydrogen-bond acceptors (Lipinski definition) is 6. The molecule has 3 atom stereocenters. The van der Waals surface area contributed by atoms with Gasteiger partial charge >= 0.3 is 0 Å². The zero-order chi connectivity index (χ0) is 18.9. The maximum absolute atomic E-state index is 12.9. The molecular weight excluding hydrogens is 358 g/mol. The highest BCUT2D eigenvalue weighted by Crippen LogP contribution is 2.48. The molecular formula is C20H21N5O3. The molecule has 0 radical (unpaired) electrons. The molecule has 2 aromatic heterocycles. The molecule has 28 heavy (non-hydrogen) atoms. The number of amides is 1. The lowest BCUT2D eigenvalue weighted by atomic mass is 10.1. The quantitative estimate of drug-likeness (QED) is 0.664. The van der Waals surface area contributed by atoms with Crippen LogP contribution in [0.1, 0.15) is 17.9 Å². The molecule has 3 heterocycles. The van der Waals surface area contributed by atoms with Crippen molar-refractivity contribution >= 4 is 17.1 Å². The van der Waals surface area contributed by atoms with Gasteiger partial charge in [-0.2, -0.15) is 0 Å². The molecule has 1 saturated carbocycles. The van der Waals surface area contributed by atoms with E-state index in [1.54, 1.807) is 12.3 Å². The van der Waals surface area contributed by atoms with Crippen LogP contribution in [0.4, 0.5) is 0 Å². The minimum Gasteiger partial charge on any atom is -0.391 e. The Bertz CT molecular complexity index is 976. The van der Waals surface area contributed by atoms with E-state index in [2.05, 4.69) is 27.4 Å². The number of rotatable bonds is 5. The minimum atomic E-state index is -0.199. The molecule has 2 aliphatic rings. The lowest BCUT2D eigenvalue weighted by Crippen LogP contribution is -2.48. The van der Waals surface area contributed by atoms with E-state index in [9.17, 15) is 4.79 Å². The number of nitrogens with zero attached hydrogens (tertiary/aromatic N) is 5. The van der Waals surface area contributed by atoms with E-state index < -0.39 is 0 Å². The van der Waals surface area contributed by atoms with Crippen molar-refractivity contribution in [2.45, 2.75) is 18.4 Å². The molecule has 144 valence electrons. The zero-order valence-corrected chi connectivity index (χ0v) is 15.3. The van der Waals surface area contributed by atoms with Gasteiger partial charge in [0.2, 0.25) is 11.6 Å². The van der Waals surface area contributed by atoms with Crippen LogP contribution >= 0.6 is 0 Å². The number of carbonyl (C=O) groups is 1. The molecule has 8 nitrogen and oxygen atoms in total. The maximum Gasteiger partial charge on any atom is 0.226 e. The normalized spacial score (nSPS) is 24.3. The van der Waals surface area contributed by atoms with Crippen molar-refractivity contribution in [1.29, 1.82) is 0 Å². The number of benzene rings is 1. The van der Waals surface area contributed by atoms with E-state index in [4.69, 9.17) is 9.57 Å². The summed E-state index contributed by atoms with van der Waals surface area (Å²) >= 11 is 0. The topological polar surface area (TPSA) is 82.4 Å². The Morgan fingerprint density at radius 3 is 3.00 bits per heavy atom. The van der Waals surface area contributed by atoms with Gasteiger partial charge in [0.25, 0.3) is 0 Å². The van der Waals surface area contributed by atoms with Gasteiger partial charge in [0.1, 0.15) is 18.2 Å². The van der Waals surface area contributed by atoms with Crippen molar-refractivity contribution in [2.24, 2.45) is 5.92 Å². The Hall–Kier alpha value is -3.00. The van der Waals surface area contributed by atoms with Gasteiger partial charge in [-0.3, -0.25) is 4.79 Å². The monoisotopic (exact) mass is 379 g/mol. The van der Waals surface area contributed by atoms with E-state index in [1.165, 1.54) is 10.4 Å². The molecule has 1 amide bonds. The van der Waals surface area contributed by atoms with E-state index in [0.29, 0.717) is 36.8 Å². The lowest BCUT2D eigenvalue weighted by Gasteiger charge is -2.32. The van der Waals surface area contributed by atoms with E-state index in [1.807, 2.05) is 29.2 Å². The number of morpholine rings is 1. The number of hydrogen-bond donors (Lipinski definition) is 0. The summed E-state index contributed by atoms with van der Waals surface area (Å²) in [6.07, 6.45) is 2.40. The van der Waals surface area contributed by atoms with Crippen molar-refractivity contribution < 1.29 is 14.4 Å². The fraction of sp³-hybridized carbons (Fsp3) is 0.400. The summed E-state index contributed by atoms with van der Waals surface area (Å²) in [6.45, 7) is 1.95. The molecule has 8 heteroatoms. The number of ether oxygens (including phenoxy) is 1. The van der Waals surface area contributed by atoms with Crippen molar-refractivity contribution in [1.82, 2.24) is 25.0 Å². The Balaban J connectivity index is 1.18. The largest absolute Gasteiger partial charge is 0.391 e. The molecule has 3 aromatic rings. The minimum absolute atomic E-state index is 0.0885. The highest BCUT2D eigenvalue weighted by atomic mass is 16.7. The summed E-state index contributed by atoms with van der Waals surface area (Å²) in [5, 5.41) is 7.98.